The van der Waals surface area contributed by atoms with Crippen LogP contribution in [0.25, 0.3) is 0 Å². The van der Waals surface area contributed by atoms with Gasteiger partial charge in [-0.3, -0.25) is 0 Å². The molecule has 20 heavy (non-hydrogen) atoms. The fourth-order valence-corrected chi connectivity index (χ4v) is 1.56. The Labute approximate surface area is 116 Å². The van der Waals surface area contributed by atoms with Crippen molar-refractivity contribution in [3.8, 4) is 5.88 Å². The van der Waals surface area contributed by atoms with Gasteiger partial charge in [-0.2, -0.15) is 18.2 Å². The first-order chi connectivity index (χ1) is 9.02. The molecule has 4 nitrogen and oxygen atoms in total. The molecule has 114 valence electrons. The number of hydrogen-bond donors (Lipinski definition) is 1. The fraction of sp³-hybridized carbons (Fsp3) is 0.615. The van der Waals surface area contributed by atoms with Crippen molar-refractivity contribution in [2.45, 2.75) is 39.5 Å². The average Bonchev–Trinajstić information content (AvgIpc) is 2.26. The third-order valence-corrected chi connectivity index (χ3v) is 2.35. The quantitative estimate of drug-likeness (QED) is 0.925. The van der Waals surface area contributed by atoms with Crippen LogP contribution in [0.3, 0.4) is 0 Å². The summed E-state index contributed by atoms with van der Waals surface area (Å²) >= 11 is 0. The molecule has 2 N–H and O–H groups in total. The SMILES string of the molecule is CCN(CC(F)(F)F)c1ccc(N)c(OC(C)(C)C)n1. The number of nitrogen functional groups attached to an aromatic ring is 1. The third kappa shape index (κ3) is 5.14. The molecule has 1 aromatic rings. The maximum atomic E-state index is 12.5. The first kappa shape index (κ1) is 16.4. The van der Waals surface area contributed by atoms with Gasteiger partial charge in [-0.15, -0.1) is 0 Å². The molecule has 0 fully saturated rings. The number of ether oxygens (including phenoxy) is 1. The van der Waals surface area contributed by atoms with E-state index in [1.54, 1.807) is 6.92 Å². The highest BCUT2D eigenvalue weighted by Crippen LogP contribution is 2.28. The normalized spacial score (nSPS) is 12.3. The van der Waals surface area contributed by atoms with E-state index in [0.29, 0.717) is 5.69 Å². The van der Waals surface area contributed by atoms with Gasteiger partial charge in [0.25, 0.3) is 0 Å². The Kier molecular flexibility index (Phi) is 4.73. The van der Waals surface area contributed by atoms with Crippen molar-refractivity contribution in [1.29, 1.82) is 0 Å². The molecule has 0 amide bonds. The van der Waals surface area contributed by atoms with Crippen LogP contribution in [0.1, 0.15) is 27.7 Å². The van der Waals surface area contributed by atoms with E-state index in [9.17, 15) is 13.2 Å². The lowest BCUT2D eigenvalue weighted by atomic mass is 10.2. The molecule has 1 heterocycles. The summed E-state index contributed by atoms with van der Waals surface area (Å²) in [5.41, 5.74) is 5.51. The van der Waals surface area contributed by atoms with Crippen molar-refractivity contribution in [3.63, 3.8) is 0 Å². The summed E-state index contributed by atoms with van der Waals surface area (Å²) in [6.07, 6.45) is -4.29. The number of rotatable bonds is 4. The van der Waals surface area contributed by atoms with Crippen LogP contribution in [-0.2, 0) is 0 Å². The van der Waals surface area contributed by atoms with Crippen molar-refractivity contribution in [2.24, 2.45) is 0 Å². The Morgan fingerprint density at radius 3 is 2.30 bits per heavy atom. The van der Waals surface area contributed by atoms with Crippen LogP contribution in [0, 0.1) is 0 Å². The number of alkyl halides is 3. The molecule has 0 aliphatic rings. The van der Waals surface area contributed by atoms with Crippen LogP contribution in [0.15, 0.2) is 12.1 Å². The van der Waals surface area contributed by atoms with E-state index in [0.717, 1.165) is 4.90 Å². The van der Waals surface area contributed by atoms with Gasteiger partial charge < -0.3 is 15.4 Å². The minimum absolute atomic E-state index is 0.149. The second kappa shape index (κ2) is 5.76. The highest BCUT2D eigenvalue weighted by molar-refractivity contribution is 5.54. The minimum atomic E-state index is -4.29. The average molecular weight is 291 g/mol. The number of hydrogen-bond acceptors (Lipinski definition) is 4. The highest BCUT2D eigenvalue weighted by atomic mass is 19.4. The minimum Gasteiger partial charge on any atom is -0.470 e. The highest BCUT2D eigenvalue weighted by Gasteiger charge is 2.31. The van der Waals surface area contributed by atoms with E-state index in [1.165, 1.54) is 12.1 Å². The van der Waals surface area contributed by atoms with E-state index < -0.39 is 18.3 Å². The predicted molar refractivity (Wildman–Crippen MR) is 73.0 cm³/mol. The molecule has 0 aromatic carbocycles. The summed E-state index contributed by atoms with van der Waals surface area (Å²) in [5, 5.41) is 0. The summed E-state index contributed by atoms with van der Waals surface area (Å²) in [6, 6.07) is 2.96. The van der Waals surface area contributed by atoms with E-state index in [1.807, 2.05) is 20.8 Å². The Bertz CT molecular complexity index is 455. The van der Waals surface area contributed by atoms with Gasteiger partial charge in [-0.05, 0) is 39.8 Å². The van der Waals surface area contributed by atoms with Crippen molar-refractivity contribution in [1.82, 2.24) is 4.98 Å². The summed E-state index contributed by atoms with van der Waals surface area (Å²) in [5.74, 6) is 0.342. The van der Waals surface area contributed by atoms with Gasteiger partial charge in [0.05, 0.1) is 5.69 Å². The van der Waals surface area contributed by atoms with Gasteiger partial charge in [0.1, 0.15) is 18.0 Å². The fourth-order valence-electron chi connectivity index (χ4n) is 1.56. The molecule has 0 spiro atoms. The van der Waals surface area contributed by atoms with Gasteiger partial charge in [0, 0.05) is 6.54 Å². The lowest BCUT2D eigenvalue weighted by Gasteiger charge is -2.26. The van der Waals surface area contributed by atoms with Crippen LogP contribution in [-0.4, -0.2) is 29.9 Å². The topological polar surface area (TPSA) is 51.4 Å². The van der Waals surface area contributed by atoms with Gasteiger partial charge in [-0.1, -0.05) is 0 Å². The summed E-state index contributed by atoms with van der Waals surface area (Å²) in [6.45, 7) is 6.20. The number of halogens is 3. The molecule has 7 heteroatoms. The van der Waals surface area contributed by atoms with E-state index in [-0.39, 0.29) is 18.2 Å². The maximum Gasteiger partial charge on any atom is 0.405 e. The molecule has 0 saturated heterocycles. The van der Waals surface area contributed by atoms with Crippen molar-refractivity contribution in [3.05, 3.63) is 12.1 Å². The summed E-state index contributed by atoms with van der Waals surface area (Å²) < 4.78 is 43.1. The number of aromatic nitrogens is 1. The Morgan fingerprint density at radius 2 is 1.85 bits per heavy atom. The van der Waals surface area contributed by atoms with Crippen molar-refractivity contribution in [2.75, 3.05) is 23.7 Å². The number of nitrogens with two attached hydrogens (primary N) is 1. The van der Waals surface area contributed by atoms with Gasteiger partial charge in [-0.25, -0.2) is 0 Å². The molecular formula is C13H20F3N3O. The largest absolute Gasteiger partial charge is 0.470 e. The molecule has 1 rings (SSSR count). The van der Waals surface area contributed by atoms with Crippen molar-refractivity contribution >= 4 is 11.5 Å². The Hall–Kier alpha value is -1.66. The number of anilines is 2. The van der Waals surface area contributed by atoms with Gasteiger partial charge in [0.2, 0.25) is 5.88 Å². The summed E-state index contributed by atoms with van der Waals surface area (Å²) in [7, 11) is 0. The number of pyridine rings is 1. The van der Waals surface area contributed by atoms with Gasteiger partial charge >= 0.3 is 6.18 Å². The molecule has 0 aliphatic heterocycles. The second-order valence-corrected chi connectivity index (χ2v) is 5.41. The summed E-state index contributed by atoms with van der Waals surface area (Å²) in [4.78, 5) is 5.21. The molecule has 0 atom stereocenters. The lowest BCUT2D eigenvalue weighted by molar-refractivity contribution is -0.119. The second-order valence-electron chi connectivity index (χ2n) is 5.41. The molecule has 0 aliphatic carbocycles. The zero-order valence-corrected chi connectivity index (χ0v) is 12.1. The van der Waals surface area contributed by atoms with Crippen LogP contribution in [0.2, 0.25) is 0 Å². The van der Waals surface area contributed by atoms with Crippen molar-refractivity contribution < 1.29 is 17.9 Å². The van der Waals surface area contributed by atoms with E-state index in [2.05, 4.69) is 4.98 Å². The van der Waals surface area contributed by atoms with Crippen LogP contribution in [0.4, 0.5) is 24.7 Å². The number of nitrogens with zero attached hydrogens (tertiary/aromatic N) is 2. The van der Waals surface area contributed by atoms with E-state index >= 15 is 0 Å². The van der Waals surface area contributed by atoms with Crippen LogP contribution >= 0.6 is 0 Å². The first-order valence-electron chi connectivity index (χ1n) is 6.29. The smallest absolute Gasteiger partial charge is 0.405 e. The standard InChI is InChI=1S/C13H20F3N3O/c1-5-19(8-13(14,15)16)10-7-6-9(17)11(18-10)20-12(2,3)4/h6-7H,5,8,17H2,1-4H3. The lowest BCUT2D eigenvalue weighted by Crippen LogP contribution is -2.35. The maximum absolute atomic E-state index is 12.5. The van der Waals surface area contributed by atoms with Crippen LogP contribution in [0.5, 0.6) is 5.88 Å². The zero-order chi connectivity index (χ0) is 15.6. The van der Waals surface area contributed by atoms with E-state index in [4.69, 9.17) is 10.5 Å². The molecular weight excluding hydrogens is 271 g/mol. The monoisotopic (exact) mass is 291 g/mol. The molecule has 0 unspecified atom stereocenters. The van der Waals surface area contributed by atoms with Crippen LogP contribution < -0.4 is 15.4 Å². The van der Waals surface area contributed by atoms with Gasteiger partial charge in [0.15, 0.2) is 0 Å². The molecule has 1 aromatic heterocycles. The third-order valence-electron chi connectivity index (χ3n) is 2.35. The zero-order valence-electron chi connectivity index (χ0n) is 12.1. The Morgan fingerprint density at radius 1 is 1.25 bits per heavy atom. The molecule has 0 bridgehead atoms. The molecule has 0 saturated carbocycles. The molecule has 0 radical (unpaired) electrons. The Balaban J connectivity index is 3.03. The first-order valence-corrected chi connectivity index (χ1v) is 6.29. The predicted octanol–water partition coefficient (Wildman–Crippen LogP) is 3.23.